The van der Waals surface area contributed by atoms with E-state index in [1.54, 1.807) is 31.2 Å². The van der Waals surface area contributed by atoms with Crippen molar-refractivity contribution in [1.29, 1.82) is 0 Å². The predicted molar refractivity (Wildman–Crippen MR) is 110 cm³/mol. The molecule has 0 saturated carbocycles. The van der Waals surface area contributed by atoms with E-state index in [0.717, 1.165) is 32.5 Å². The number of hydrogen-bond donors (Lipinski definition) is 1. The maximum absolute atomic E-state index is 12.6. The first-order valence-corrected chi connectivity index (χ1v) is 9.91. The second-order valence-corrected chi connectivity index (χ2v) is 7.33. The largest absolute Gasteiger partial charge is 0.462 e. The molecule has 1 heterocycles. The van der Waals surface area contributed by atoms with Crippen molar-refractivity contribution in [2.75, 3.05) is 25.0 Å². The Morgan fingerprint density at radius 1 is 1.11 bits per heavy atom. The molecule has 3 rings (SSSR count). The molecule has 1 fully saturated rings. The first kappa shape index (κ1) is 20.1. The molecule has 0 aromatic heterocycles. The number of piperidine rings is 1. The van der Waals surface area contributed by atoms with Crippen molar-refractivity contribution in [3.63, 3.8) is 0 Å². The van der Waals surface area contributed by atoms with Crippen LogP contribution in [0.1, 0.15) is 41.3 Å². The van der Waals surface area contributed by atoms with Crippen molar-refractivity contribution in [3.8, 4) is 0 Å². The van der Waals surface area contributed by atoms with Crippen LogP contribution >= 0.6 is 0 Å². The van der Waals surface area contributed by atoms with E-state index >= 15 is 0 Å². The van der Waals surface area contributed by atoms with Gasteiger partial charge in [0.1, 0.15) is 0 Å². The molecule has 2 aromatic carbocycles. The summed E-state index contributed by atoms with van der Waals surface area (Å²) in [5.74, 6) is -0.348. The zero-order valence-corrected chi connectivity index (χ0v) is 16.6. The molecule has 1 N–H and O–H groups in total. The van der Waals surface area contributed by atoms with Gasteiger partial charge in [-0.3, -0.25) is 9.69 Å². The maximum Gasteiger partial charge on any atom is 0.338 e. The molecular weight excluding hydrogens is 352 g/mol. The predicted octanol–water partition coefficient (Wildman–Crippen LogP) is 4.02. The van der Waals surface area contributed by atoms with Crippen LogP contribution in [-0.2, 0) is 16.1 Å². The number of nitrogens with one attached hydrogen (secondary N) is 1. The first-order valence-electron chi connectivity index (χ1n) is 9.91. The topological polar surface area (TPSA) is 58.6 Å². The fourth-order valence-corrected chi connectivity index (χ4v) is 3.60. The lowest BCUT2D eigenvalue weighted by Crippen LogP contribution is -2.37. The monoisotopic (exact) mass is 380 g/mol. The molecule has 0 atom stereocenters. The van der Waals surface area contributed by atoms with Crippen LogP contribution in [0.5, 0.6) is 0 Å². The van der Waals surface area contributed by atoms with Gasteiger partial charge in [0, 0.05) is 18.2 Å². The number of ether oxygens (including phenoxy) is 1. The normalized spacial score (nSPS) is 15.2. The van der Waals surface area contributed by atoms with Crippen LogP contribution in [0.2, 0.25) is 0 Å². The summed E-state index contributed by atoms with van der Waals surface area (Å²) >= 11 is 0. The van der Waals surface area contributed by atoms with Gasteiger partial charge < -0.3 is 10.1 Å². The van der Waals surface area contributed by atoms with Gasteiger partial charge in [-0.2, -0.15) is 0 Å². The number of aryl methyl sites for hydroxylation is 1. The average Bonchev–Trinajstić information content (AvgIpc) is 2.69. The van der Waals surface area contributed by atoms with E-state index in [2.05, 4.69) is 41.4 Å². The number of carbonyl (C=O) groups is 2. The molecule has 1 aliphatic rings. The lowest BCUT2D eigenvalue weighted by molar-refractivity contribution is -0.121. The van der Waals surface area contributed by atoms with Gasteiger partial charge in [-0.25, -0.2) is 4.79 Å². The fraction of sp³-hybridized carbons (Fsp3) is 0.391. The number of rotatable bonds is 6. The van der Waals surface area contributed by atoms with Gasteiger partial charge in [0.05, 0.1) is 12.2 Å². The summed E-state index contributed by atoms with van der Waals surface area (Å²) in [5, 5.41) is 2.96. The Morgan fingerprint density at radius 2 is 1.86 bits per heavy atom. The number of esters is 1. The Hall–Kier alpha value is -2.66. The Bertz CT molecular complexity index is 826. The minimum atomic E-state index is -0.372. The van der Waals surface area contributed by atoms with Crippen LogP contribution < -0.4 is 5.32 Å². The molecule has 0 unspecified atom stereocenters. The van der Waals surface area contributed by atoms with Crippen LogP contribution in [0.25, 0.3) is 0 Å². The van der Waals surface area contributed by atoms with E-state index < -0.39 is 0 Å². The van der Waals surface area contributed by atoms with E-state index in [1.807, 2.05) is 0 Å². The molecule has 0 bridgehead atoms. The minimum absolute atomic E-state index is 0.00000827. The van der Waals surface area contributed by atoms with Crippen molar-refractivity contribution >= 4 is 17.6 Å². The lowest BCUT2D eigenvalue weighted by Gasteiger charge is -2.31. The lowest BCUT2D eigenvalue weighted by atomic mass is 9.95. The molecule has 148 valence electrons. The maximum atomic E-state index is 12.6. The Kier molecular flexibility index (Phi) is 6.82. The number of anilines is 1. The minimum Gasteiger partial charge on any atom is -0.462 e. The second-order valence-electron chi connectivity index (χ2n) is 7.33. The summed E-state index contributed by atoms with van der Waals surface area (Å²) in [6, 6.07) is 15.5. The van der Waals surface area contributed by atoms with Crippen LogP contribution in [0.4, 0.5) is 5.69 Å². The van der Waals surface area contributed by atoms with E-state index in [-0.39, 0.29) is 17.8 Å². The third-order valence-corrected chi connectivity index (χ3v) is 5.09. The van der Waals surface area contributed by atoms with Gasteiger partial charge in [0.15, 0.2) is 0 Å². The summed E-state index contributed by atoms with van der Waals surface area (Å²) < 4.78 is 5.02. The van der Waals surface area contributed by atoms with Gasteiger partial charge >= 0.3 is 5.97 Å². The van der Waals surface area contributed by atoms with E-state index in [9.17, 15) is 9.59 Å². The summed E-state index contributed by atoms with van der Waals surface area (Å²) in [5.41, 5.74) is 3.68. The standard InChI is InChI=1S/C23H28N2O3/c1-3-28-23(27)20-8-5-9-21(15-20)24-22(26)19-10-12-25(13-11-19)16-18-7-4-6-17(2)14-18/h4-9,14-15,19H,3,10-13,16H2,1-2H3,(H,24,26). The molecule has 1 saturated heterocycles. The first-order chi connectivity index (χ1) is 13.5. The molecule has 28 heavy (non-hydrogen) atoms. The summed E-state index contributed by atoms with van der Waals surface area (Å²) in [6.45, 7) is 6.96. The fourth-order valence-electron chi connectivity index (χ4n) is 3.60. The van der Waals surface area contributed by atoms with Crippen molar-refractivity contribution < 1.29 is 14.3 Å². The number of benzene rings is 2. The van der Waals surface area contributed by atoms with E-state index in [4.69, 9.17) is 4.74 Å². The van der Waals surface area contributed by atoms with Gasteiger partial charge in [-0.1, -0.05) is 35.9 Å². The van der Waals surface area contributed by atoms with Crippen LogP contribution in [0.3, 0.4) is 0 Å². The quantitative estimate of drug-likeness (QED) is 0.769. The Labute approximate surface area is 166 Å². The number of likely N-dealkylation sites (tertiary alicyclic amines) is 1. The molecule has 0 spiro atoms. The summed E-state index contributed by atoms with van der Waals surface area (Å²) in [4.78, 5) is 26.9. The van der Waals surface area contributed by atoms with Crippen molar-refractivity contribution in [1.82, 2.24) is 4.90 Å². The SMILES string of the molecule is CCOC(=O)c1cccc(NC(=O)C2CCN(Cc3cccc(C)c3)CC2)c1. The Balaban J connectivity index is 1.51. The highest BCUT2D eigenvalue weighted by atomic mass is 16.5. The highest BCUT2D eigenvalue weighted by Crippen LogP contribution is 2.22. The number of carbonyl (C=O) groups excluding carboxylic acids is 2. The summed E-state index contributed by atoms with van der Waals surface area (Å²) in [6.07, 6.45) is 1.68. The van der Waals surface area contributed by atoms with Crippen LogP contribution in [-0.4, -0.2) is 36.5 Å². The van der Waals surface area contributed by atoms with Crippen LogP contribution in [0.15, 0.2) is 48.5 Å². The molecule has 5 nitrogen and oxygen atoms in total. The second kappa shape index (κ2) is 9.51. The van der Waals surface area contributed by atoms with Crippen molar-refractivity contribution in [3.05, 3.63) is 65.2 Å². The molecule has 2 aromatic rings. The van der Waals surface area contributed by atoms with Gasteiger partial charge in [-0.15, -0.1) is 0 Å². The highest BCUT2D eigenvalue weighted by Gasteiger charge is 2.25. The number of hydrogen-bond acceptors (Lipinski definition) is 4. The van der Waals surface area contributed by atoms with E-state index in [1.165, 1.54) is 11.1 Å². The Morgan fingerprint density at radius 3 is 2.57 bits per heavy atom. The number of amides is 1. The molecular formula is C23H28N2O3. The van der Waals surface area contributed by atoms with Gasteiger partial charge in [0.25, 0.3) is 0 Å². The molecule has 1 amide bonds. The number of nitrogens with zero attached hydrogens (tertiary/aromatic N) is 1. The highest BCUT2D eigenvalue weighted by molar-refractivity contribution is 5.95. The average molecular weight is 380 g/mol. The molecule has 1 aliphatic heterocycles. The van der Waals surface area contributed by atoms with Crippen molar-refractivity contribution in [2.24, 2.45) is 5.92 Å². The smallest absolute Gasteiger partial charge is 0.338 e. The van der Waals surface area contributed by atoms with Gasteiger partial charge in [-0.05, 0) is 63.5 Å². The van der Waals surface area contributed by atoms with Crippen LogP contribution in [0, 0.1) is 12.8 Å². The van der Waals surface area contributed by atoms with Crippen molar-refractivity contribution in [2.45, 2.75) is 33.2 Å². The molecule has 0 radical (unpaired) electrons. The van der Waals surface area contributed by atoms with Gasteiger partial charge in [0.2, 0.25) is 5.91 Å². The van der Waals surface area contributed by atoms with E-state index in [0.29, 0.717) is 17.9 Å². The molecule has 0 aliphatic carbocycles. The third-order valence-electron chi connectivity index (χ3n) is 5.09. The third kappa shape index (κ3) is 5.42. The molecule has 5 heteroatoms. The summed E-state index contributed by atoms with van der Waals surface area (Å²) in [7, 11) is 0. The zero-order valence-electron chi connectivity index (χ0n) is 16.6. The zero-order chi connectivity index (χ0) is 19.9.